The van der Waals surface area contributed by atoms with Gasteiger partial charge in [-0.25, -0.2) is 0 Å². The van der Waals surface area contributed by atoms with E-state index in [0.29, 0.717) is 14.7 Å². The number of benzene rings is 1. The Morgan fingerprint density at radius 1 is 1.17 bits per heavy atom. The van der Waals surface area contributed by atoms with Crippen molar-refractivity contribution < 1.29 is 4.79 Å². The van der Waals surface area contributed by atoms with Crippen molar-refractivity contribution in [3.8, 4) is 11.3 Å². The van der Waals surface area contributed by atoms with E-state index in [9.17, 15) is 4.79 Å². The standard InChI is InChI=1S/C15H15NOSe/c1-10(17)11-6-8-12(9-7-11)15-13-4-2-3-5-14(13)18-16-15/h6-9H,2-5H2,1H3. The molecule has 3 rings (SSSR count). The molecule has 2 aromatic rings. The Morgan fingerprint density at radius 3 is 2.61 bits per heavy atom. The molecular formula is C15H15NOSe. The number of carbonyl (C=O) groups is 1. The summed E-state index contributed by atoms with van der Waals surface area (Å²) >= 11 is 0.324. The van der Waals surface area contributed by atoms with E-state index in [0.717, 1.165) is 5.56 Å². The van der Waals surface area contributed by atoms with Crippen LogP contribution in [0.2, 0.25) is 0 Å². The average Bonchev–Trinajstić information content (AvgIpc) is 2.82. The SMILES string of the molecule is CC(=O)c1ccc(-c2n[se]c3c2CCCC3)cc1. The molecule has 1 aromatic heterocycles. The number of hydrogen-bond acceptors (Lipinski definition) is 2. The fraction of sp³-hybridized carbons (Fsp3) is 0.333. The first kappa shape index (κ1) is 11.9. The van der Waals surface area contributed by atoms with E-state index in [1.165, 1.54) is 42.5 Å². The third kappa shape index (κ3) is 2.09. The topological polar surface area (TPSA) is 30.0 Å². The second-order valence-corrected chi connectivity index (χ2v) is 6.57. The van der Waals surface area contributed by atoms with Crippen molar-refractivity contribution in [1.82, 2.24) is 3.98 Å². The molecule has 0 aliphatic heterocycles. The van der Waals surface area contributed by atoms with Crippen LogP contribution in [-0.2, 0) is 12.8 Å². The van der Waals surface area contributed by atoms with Gasteiger partial charge >= 0.3 is 113 Å². The molecule has 0 bridgehead atoms. The Hall–Kier alpha value is -1.18. The molecule has 0 N–H and O–H groups in total. The van der Waals surface area contributed by atoms with Crippen LogP contribution in [0.4, 0.5) is 0 Å². The number of aryl methyl sites for hydroxylation is 1. The second kappa shape index (κ2) is 4.83. The van der Waals surface area contributed by atoms with E-state index in [1.54, 1.807) is 11.4 Å². The fourth-order valence-corrected chi connectivity index (χ4v) is 4.49. The molecule has 1 aliphatic rings. The van der Waals surface area contributed by atoms with Gasteiger partial charge < -0.3 is 0 Å². The molecule has 0 fully saturated rings. The molecule has 0 amide bonds. The molecule has 0 atom stereocenters. The minimum absolute atomic E-state index is 0.122. The summed E-state index contributed by atoms with van der Waals surface area (Å²) in [6.07, 6.45) is 5.05. The Labute approximate surface area is 113 Å². The van der Waals surface area contributed by atoms with E-state index < -0.39 is 0 Å². The van der Waals surface area contributed by atoms with Crippen LogP contribution in [0.3, 0.4) is 0 Å². The van der Waals surface area contributed by atoms with Crippen molar-refractivity contribution in [2.45, 2.75) is 32.6 Å². The molecule has 0 spiro atoms. The summed E-state index contributed by atoms with van der Waals surface area (Å²) in [6, 6.07) is 7.90. The molecular weight excluding hydrogens is 289 g/mol. The van der Waals surface area contributed by atoms with Crippen molar-refractivity contribution in [1.29, 1.82) is 0 Å². The number of fused-ring (bicyclic) bond motifs is 1. The van der Waals surface area contributed by atoms with Gasteiger partial charge in [0.15, 0.2) is 0 Å². The van der Waals surface area contributed by atoms with Gasteiger partial charge in [0, 0.05) is 0 Å². The first-order valence-electron chi connectivity index (χ1n) is 6.34. The van der Waals surface area contributed by atoms with Gasteiger partial charge in [-0.1, -0.05) is 0 Å². The monoisotopic (exact) mass is 305 g/mol. The third-order valence-corrected chi connectivity index (χ3v) is 5.50. The second-order valence-electron chi connectivity index (χ2n) is 4.77. The van der Waals surface area contributed by atoms with Crippen LogP contribution < -0.4 is 0 Å². The molecule has 1 aliphatic carbocycles. The average molecular weight is 304 g/mol. The Balaban J connectivity index is 1.99. The Bertz CT molecular complexity index is 583. The number of aromatic nitrogens is 1. The van der Waals surface area contributed by atoms with Gasteiger partial charge in [0.1, 0.15) is 0 Å². The van der Waals surface area contributed by atoms with E-state index in [2.05, 4.69) is 0 Å². The molecule has 92 valence electrons. The maximum atomic E-state index is 11.3. The van der Waals surface area contributed by atoms with Gasteiger partial charge in [0.2, 0.25) is 0 Å². The molecule has 0 saturated heterocycles. The molecule has 18 heavy (non-hydrogen) atoms. The van der Waals surface area contributed by atoms with E-state index >= 15 is 0 Å². The number of hydrogen-bond donors (Lipinski definition) is 0. The van der Waals surface area contributed by atoms with Gasteiger partial charge in [-0.05, 0) is 0 Å². The molecule has 2 nitrogen and oxygen atoms in total. The van der Waals surface area contributed by atoms with Gasteiger partial charge in [0.05, 0.1) is 0 Å². The molecule has 0 unspecified atom stereocenters. The van der Waals surface area contributed by atoms with Crippen molar-refractivity contribution in [2.24, 2.45) is 0 Å². The number of Topliss-reactive ketones (excluding diaryl/α,β-unsaturated/α-hetero) is 1. The number of rotatable bonds is 2. The zero-order valence-corrected chi connectivity index (χ0v) is 12.1. The van der Waals surface area contributed by atoms with Crippen molar-refractivity contribution in [3.05, 3.63) is 39.8 Å². The minimum atomic E-state index is 0.122. The van der Waals surface area contributed by atoms with Gasteiger partial charge in [-0.3, -0.25) is 0 Å². The number of ketones is 1. The summed E-state index contributed by atoms with van der Waals surface area (Å²) in [5, 5.41) is 0. The van der Waals surface area contributed by atoms with Gasteiger partial charge in [-0.15, -0.1) is 0 Å². The van der Waals surface area contributed by atoms with Crippen LogP contribution in [0.1, 0.15) is 40.1 Å². The van der Waals surface area contributed by atoms with E-state index in [-0.39, 0.29) is 5.78 Å². The summed E-state index contributed by atoms with van der Waals surface area (Å²) < 4.78 is 6.34. The quantitative estimate of drug-likeness (QED) is 0.631. The summed E-state index contributed by atoms with van der Waals surface area (Å²) in [7, 11) is 0. The molecule has 0 saturated carbocycles. The summed E-state index contributed by atoms with van der Waals surface area (Å²) in [5.74, 6) is 0.122. The zero-order valence-electron chi connectivity index (χ0n) is 10.4. The first-order chi connectivity index (χ1) is 8.75. The summed E-state index contributed by atoms with van der Waals surface area (Å²) in [5.41, 5.74) is 4.64. The zero-order chi connectivity index (χ0) is 12.5. The Morgan fingerprint density at radius 2 is 1.89 bits per heavy atom. The van der Waals surface area contributed by atoms with E-state index in [4.69, 9.17) is 3.98 Å². The summed E-state index contributed by atoms with van der Waals surface area (Å²) in [4.78, 5) is 11.3. The van der Waals surface area contributed by atoms with Crippen LogP contribution in [0, 0.1) is 0 Å². The predicted molar refractivity (Wildman–Crippen MR) is 73.3 cm³/mol. The van der Waals surface area contributed by atoms with Crippen LogP contribution in [0.15, 0.2) is 24.3 Å². The first-order valence-corrected chi connectivity index (χ1v) is 7.97. The molecule has 0 radical (unpaired) electrons. The number of nitrogens with zero attached hydrogens (tertiary/aromatic N) is 1. The van der Waals surface area contributed by atoms with Gasteiger partial charge in [-0.2, -0.15) is 0 Å². The van der Waals surface area contributed by atoms with Crippen molar-refractivity contribution in [2.75, 3.05) is 0 Å². The fourth-order valence-electron chi connectivity index (χ4n) is 2.47. The number of carbonyl (C=O) groups excluding carboxylic acids is 1. The van der Waals surface area contributed by atoms with Crippen LogP contribution in [0.5, 0.6) is 0 Å². The van der Waals surface area contributed by atoms with Crippen LogP contribution >= 0.6 is 0 Å². The normalized spacial score (nSPS) is 14.3. The van der Waals surface area contributed by atoms with E-state index in [1.807, 2.05) is 24.3 Å². The maximum absolute atomic E-state index is 11.3. The van der Waals surface area contributed by atoms with Crippen molar-refractivity contribution >= 4 is 20.5 Å². The predicted octanol–water partition coefficient (Wildman–Crippen LogP) is 2.89. The molecule has 1 heterocycles. The molecule has 1 aromatic carbocycles. The van der Waals surface area contributed by atoms with Crippen LogP contribution in [-0.4, -0.2) is 24.5 Å². The Kier molecular flexibility index (Phi) is 3.19. The molecule has 3 heteroatoms. The third-order valence-electron chi connectivity index (χ3n) is 3.52. The summed E-state index contributed by atoms with van der Waals surface area (Å²) in [6.45, 7) is 1.60. The van der Waals surface area contributed by atoms with Gasteiger partial charge in [0.25, 0.3) is 0 Å². The van der Waals surface area contributed by atoms with Crippen molar-refractivity contribution in [3.63, 3.8) is 0 Å². The van der Waals surface area contributed by atoms with Crippen LogP contribution in [0.25, 0.3) is 11.3 Å².